The minimum atomic E-state index is -0.879. The lowest BCUT2D eigenvalue weighted by atomic mass is 9.83. The Morgan fingerprint density at radius 3 is 2.18 bits per heavy atom. The lowest BCUT2D eigenvalue weighted by Crippen LogP contribution is -2.31. The van der Waals surface area contributed by atoms with Crippen LogP contribution in [0.3, 0.4) is 0 Å². The summed E-state index contributed by atoms with van der Waals surface area (Å²) in [6.45, 7) is 1.24. The van der Waals surface area contributed by atoms with E-state index in [1.54, 1.807) is 49.4 Å². The summed E-state index contributed by atoms with van der Waals surface area (Å²) in [7, 11) is 0. The Balaban J connectivity index is 1.47. The Kier molecular flexibility index (Phi) is 6.31. The molecule has 166 valence electrons. The molecule has 1 atom stereocenters. The maximum Gasteiger partial charge on any atom is 0.340 e. The Bertz CT molecular complexity index is 1300. The molecule has 0 fully saturated rings. The molecule has 33 heavy (non-hydrogen) atoms. The van der Waals surface area contributed by atoms with Gasteiger partial charge in [-0.2, -0.15) is 0 Å². The highest BCUT2D eigenvalue weighted by molar-refractivity contribution is 6.41. The molecule has 4 rings (SSSR count). The summed E-state index contributed by atoms with van der Waals surface area (Å²) in [5, 5.41) is 3.12. The topological polar surface area (TPSA) is 89.5 Å². The summed E-state index contributed by atoms with van der Waals surface area (Å²) in [6.07, 6.45) is 0. The van der Waals surface area contributed by atoms with Crippen molar-refractivity contribution in [1.29, 1.82) is 0 Å². The first-order valence-electron chi connectivity index (χ1n) is 10.0. The van der Waals surface area contributed by atoms with Gasteiger partial charge in [0.1, 0.15) is 0 Å². The third-order valence-corrected chi connectivity index (χ3v) is 5.98. The normalized spacial score (nSPS) is 13.1. The summed E-state index contributed by atoms with van der Waals surface area (Å²) in [5.41, 5.74) is 1.31. The van der Waals surface area contributed by atoms with Gasteiger partial charge in [0.25, 0.3) is 5.91 Å². The molecule has 0 heterocycles. The number of halogens is 2. The minimum absolute atomic E-state index is 0.0457. The van der Waals surface area contributed by atoms with Crippen molar-refractivity contribution >= 4 is 46.6 Å². The molecule has 0 spiro atoms. The van der Waals surface area contributed by atoms with Crippen LogP contribution in [-0.2, 0) is 9.53 Å². The van der Waals surface area contributed by atoms with Crippen LogP contribution in [0.15, 0.2) is 60.7 Å². The Morgan fingerprint density at radius 2 is 1.52 bits per heavy atom. The fourth-order valence-electron chi connectivity index (χ4n) is 3.63. The smallest absolute Gasteiger partial charge is 0.340 e. The van der Waals surface area contributed by atoms with E-state index in [2.05, 4.69) is 5.32 Å². The van der Waals surface area contributed by atoms with Gasteiger partial charge >= 0.3 is 5.97 Å². The van der Waals surface area contributed by atoms with Gasteiger partial charge in [-0.15, -0.1) is 0 Å². The van der Waals surface area contributed by atoms with Gasteiger partial charge in [0.15, 0.2) is 18.2 Å². The zero-order chi connectivity index (χ0) is 23.7. The Hall–Kier alpha value is -3.48. The molecular weight excluding hydrogens is 465 g/mol. The average molecular weight is 482 g/mol. The van der Waals surface area contributed by atoms with Crippen molar-refractivity contribution in [3.05, 3.63) is 104 Å². The number of carbonyl (C=O) groups is 4. The number of ether oxygens (including phenoxy) is 1. The van der Waals surface area contributed by atoms with E-state index in [1.165, 1.54) is 18.2 Å². The van der Waals surface area contributed by atoms with Crippen LogP contribution in [0.2, 0.25) is 10.0 Å². The van der Waals surface area contributed by atoms with Crippen molar-refractivity contribution in [3.8, 4) is 0 Å². The predicted octanol–water partition coefficient (Wildman–Crippen LogP) is 4.80. The molecule has 0 unspecified atom stereocenters. The molecule has 0 saturated carbocycles. The number of carbonyl (C=O) groups excluding carboxylic acids is 4. The zero-order valence-corrected chi connectivity index (χ0v) is 18.9. The SMILES string of the molecule is C[C@@H](NC(=O)COC(=O)c1ccc2c(c1Cl)C(=O)c1ccccc1C2=O)c1ccc(Cl)cc1. The quantitative estimate of drug-likeness (QED) is 0.413. The van der Waals surface area contributed by atoms with Gasteiger partial charge in [0.2, 0.25) is 0 Å². The second-order valence-corrected chi connectivity index (χ2v) is 8.28. The lowest BCUT2D eigenvalue weighted by molar-refractivity contribution is -0.124. The van der Waals surface area contributed by atoms with E-state index in [-0.39, 0.29) is 44.7 Å². The van der Waals surface area contributed by atoms with Gasteiger partial charge in [-0.05, 0) is 36.8 Å². The lowest BCUT2D eigenvalue weighted by Gasteiger charge is -2.19. The average Bonchev–Trinajstić information content (AvgIpc) is 2.81. The van der Waals surface area contributed by atoms with Gasteiger partial charge in [-0.1, -0.05) is 59.6 Å². The van der Waals surface area contributed by atoms with Gasteiger partial charge in [0.05, 0.1) is 22.2 Å². The molecule has 8 heteroatoms. The van der Waals surface area contributed by atoms with E-state index in [4.69, 9.17) is 27.9 Å². The second-order valence-electron chi connectivity index (χ2n) is 7.47. The first kappa shape index (κ1) is 22.7. The summed E-state index contributed by atoms with van der Waals surface area (Å²) in [5.74, 6) is -2.19. The van der Waals surface area contributed by atoms with E-state index in [0.29, 0.717) is 5.02 Å². The summed E-state index contributed by atoms with van der Waals surface area (Å²) in [6, 6.07) is 15.8. The van der Waals surface area contributed by atoms with Gasteiger partial charge in [-0.3, -0.25) is 14.4 Å². The Morgan fingerprint density at radius 1 is 0.879 bits per heavy atom. The molecule has 1 aliphatic carbocycles. The fraction of sp³-hybridized carbons (Fsp3) is 0.120. The monoisotopic (exact) mass is 481 g/mol. The van der Waals surface area contributed by atoms with Crippen LogP contribution in [0, 0.1) is 0 Å². The Labute approximate surface area is 199 Å². The maximum absolute atomic E-state index is 12.9. The molecule has 0 aromatic heterocycles. The highest BCUT2D eigenvalue weighted by Gasteiger charge is 2.33. The number of benzene rings is 3. The van der Waals surface area contributed by atoms with E-state index in [9.17, 15) is 19.2 Å². The highest BCUT2D eigenvalue weighted by atomic mass is 35.5. The second kappa shape index (κ2) is 9.17. The number of ketones is 2. The third kappa shape index (κ3) is 4.40. The molecule has 3 aromatic carbocycles. The largest absolute Gasteiger partial charge is 0.452 e. The van der Waals surface area contributed by atoms with Crippen LogP contribution in [0.4, 0.5) is 0 Å². The number of nitrogens with one attached hydrogen (secondary N) is 1. The van der Waals surface area contributed by atoms with E-state index < -0.39 is 24.3 Å². The van der Waals surface area contributed by atoms with Crippen molar-refractivity contribution < 1.29 is 23.9 Å². The first-order chi connectivity index (χ1) is 15.8. The number of esters is 1. The van der Waals surface area contributed by atoms with Crippen LogP contribution in [0.25, 0.3) is 0 Å². The molecule has 1 amide bonds. The zero-order valence-electron chi connectivity index (χ0n) is 17.4. The minimum Gasteiger partial charge on any atom is -0.452 e. The van der Waals surface area contributed by atoms with Crippen LogP contribution in [0.1, 0.15) is 60.7 Å². The molecule has 6 nitrogen and oxygen atoms in total. The van der Waals surface area contributed by atoms with Crippen molar-refractivity contribution in [1.82, 2.24) is 5.32 Å². The molecular formula is C25H17Cl2NO5. The third-order valence-electron chi connectivity index (χ3n) is 5.33. The standard InChI is InChI=1S/C25H17Cl2NO5/c1-13(14-6-8-15(26)9-7-14)28-20(29)12-33-25(32)19-11-10-18-21(22(19)27)24(31)17-5-3-2-4-16(17)23(18)30/h2-11,13H,12H2,1H3,(H,28,29)/t13-/m1/s1. The van der Waals surface area contributed by atoms with Gasteiger partial charge in [0, 0.05) is 21.7 Å². The fourth-order valence-corrected chi connectivity index (χ4v) is 4.08. The number of hydrogen-bond acceptors (Lipinski definition) is 5. The first-order valence-corrected chi connectivity index (χ1v) is 10.8. The van der Waals surface area contributed by atoms with Crippen LogP contribution in [-0.4, -0.2) is 30.0 Å². The molecule has 0 aliphatic heterocycles. The van der Waals surface area contributed by atoms with E-state index in [0.717, 1.165) is 5.56 Å². The van der Waals surface area contributed by atoms with Gasteiger partial charge in [-0.25, -0.2) is 4.79 Å². The highest BCUT2D eigenvalue weighted by Crippen LogP contribution is 2.34. The molecule has 0 bridgehead atoms. The summed E-state index contributed by atoms with van der Waals surface area (Å²) < 4.78 is 5.10. The van der Waals surface area contributed by atoms with E-state index in [1.807, 2.05) is 0 Å². The molecule has 3 aromatic rings. The van der Waals surface area contributed by atoms with Crippen LogP contribution < -0.4 is 5.32 Å². The van der Waals surface area contributed by atoms with Crippen molar-refractivity contribution in [2.75, 3.05) is 6.61 Å². The molecule has 0 saturated heterocycles. The maximum atomic E-state index is 12.9. The summed E-state index contributed by atoms with van der Waals surface area (Å²) in [4.78, 5) is 50.5. The van der Waals surface area contributed by atoms with Crippen molar-refractivity contribution in [2.24, 2.45) is 0 Å². The number of hydrogen-bond donors (Lipinski definition) is 1. The number of fused-ring (bicyclic) bond motifs is 2. The number of amides is 1. The van der Waals surface area contributed by atoms with Crippen molar-refractivity contribution in [3.63, 3.8) is 0 Å². The molecule has 1 N–H and O–H groups in total. The van der Waals surface area contributed by atoms with Crippen LogP contribution in [0.5, 0.6) is 0 Å². The predicted molar refractivity (Wildman–Crippen MR) is 123 cm³/mol. The van der Waals surface area contributed by atoms with Crippen LogP contribution >= 0.6 is 23.2 Å². The number of rotatable bonds is 5. The molecule has 0 radical (unpaired) electrons. The van der Waals surface area contributed by atoms with E-state index >= 15 is 0 Å². The summed E-state index contributed by atoms with van der Waals surface area (Å²) >= 11 is 12.2. The van der Waals surface area contributed by atoms with Gasteiger partial charge < -0.3 is 10.1 Å². The molecule has 1 aliphatic rings. The van der Waals surface area contributed by atoms with Crippen molar-refractivity contribution in [2.45, 2.75) is 13.0 Å².